The summed E-state index contributed by atoms with van der Waals surface area (Å²) in [4.78, 5) is 30.0. The molecule has 162 valence electrons. The molecule has 0 aliphatic heterocycles. The van der Waals surface area contributed by atoms with Crippen LogP contribution in [0.15, 0.2) is 42.5 Å². The normalized spacial score (nSPS) is 10.7. The van der Waals surface area contributed by atoms with Gasteiger partial charge in [-0.1, -0.05) is 6.92 Å². The number of amides is 1. The molecule has 0 spiro atoms. The zero-order chi connectivity index (χ0) is 22.4. The molecule has 0 aliphatic carbocycles. The van der Waals surface area contributed by atoms with Crippen LogP contribution in [0.4, 0.5) is 5.69 Å². The molecular formula is C22H25N5O3S. The molecule has 0 fully saturated rings. The van der Waals surface area contributed by atoms with E-state index in [-0.39, 0.29) is 24.7 Å². The van der Waals surface area contributed by atoms with Gasteiger partial charge in [0.1, 0.15) is 10.8 Å². The average molecular weight is 440 g/mol. The second-order valence-corrected chi connectivity index (χ2v) is 8.19. The van der Waals surface area contributed by atoms with E-state index < -0.39 is 5.97 Å². The van der Waals surface area contributed by atoms with Crippen LogP contribution < -0.4 is 11.1 Å². The van der Waals surface area contributed by atoms with E-state index >= 15 is 0 Å². The van der Waals surface area contributed by atoms with Crippen LogP contribution in [0.25, 0.3) is 10.2 Å². The topological polar surface area (TPSA) is 132 Å². The van der Waals surface area contributed by atoms with Crippen molar-refractivity contribution in [2.24, 2.45) is 5.73 Å². The van der Waals surface area contributed by atoms with Crippen LogP contribution in [-0.4, -0.2) is 45.8 Å². The van der Waals surface area contributed by atoms with E-state index in [1.54, 1.807) is 40.5 Å². The van der Waals surface area contributed by atoms with E-state index in [2.05, 4.69) is 10.3 Å². The maximum atomic E-state index is 12.9. The number of benzene rings is 2. The summed E-state index contributed by atoms with van der Waals surface area (Å²) in [6.45, 7) is 3.19. The van der Waals surface area contributed by atoms with Gasteiger partial charge in [-0.25, -0.2) is 4.98 Å². The first kappa shape index (κ1) is 22.2. The van der Waals surface area contributed by atoms with Crippen LogP contribution in [-0.2, 0) is 11.3 Å². The van der Waals surface area contributed by atoms with Crippen LogP contribution in [0, 0.1) is 5.41 Å². The Morgan fingerprint density at radius 2 is 1.87 bits per heavy atom. The maximum absolute atomic E-state index is 12.9. The van der Waals surface area contributed by atoms with Gasteiger partial charge in [-0.3, -0.25) is 15.0 Å². The van der Waals surface area contributed by atoms with Gasteiger partial charge in [0.25, 0.3) is 5.91 Å². The van der Waals surface area contributed by atoms with Crippen LogP contribution in [0.1, 0.15) is 40.7 Å². The minimum Gasteiger partial charge on any atom is -0.481 e. The molecule has 0 radical (unpaired) electrons. The first-order chi connectivity index (χ1) is 14.9. The number of thiazole rings is 1. The lowest BCUT2D eigenvalue weighted by atomic mass is 10.1. The van der Waals surface area contributed by atoms with E-state index in [0.29, 0.717) is 24.2 Å². The van der Waals surface area contributed by atoms with Crippen molar-refractivity contribution in [3.8, 4) is 0 Å². The molecule has 3 aromatic rings. The van der Waals surface area contributed by atoms with Crippen LogP contribution in [0.3, 0.4) is 0 Å². The zero-order valence-corrected chi connectivity index (χ0v) is 18.0. The third-order valence-electron chi connectivity index (χ3n) is 4.69. The molecule has 1 amide bonds. The third-order valence-corrected chi connectivity index (χ3v) is 5.73. The van der Waals surface area contributed by atoms with E-state index in [0.717, 1.165) is 27.3 Å². The number of nitrogens with zero attached hydrogens (tertiary/aromatic N) is 2. The number of anilines is 1. The van der Waals surface area contributed by atoms with Crippen molar-refractivity contribution in [1.29, 1.82) is 5.41 Å². The summed E-state index contributed by atoms with van der Waals surface area (Å²) in [6, 6.07) is 12.7. The Balaban J connectivity index is 1.70. The number of carbonyl (C=O) groups excluding carboxylic acids is 1. The molecule has 31 heavy (non-hydrogen) atoms. The monoisotopic (exact) mass is 439 g/mol. The van der Waals surface area contributed by atoms with Crippen molar-refractivity contribution in [3.05, 3.63) is 58.6 Å². The first-order valence-electron chi connectivity index (χ1n) is 9.96. The van der Waals surface area contributed by atoms with Crippen molar-refractivity contribution < 1.29 is 14.7 Å². The number of aliphatic carboxylic acids is 1. The molecule has 2 aromatic carbocycles. The summed E-state index contributed by atoms with van der Waals surface area (Å²) in [6.07, 6.45) is 0.682. The summed E-state index contributed by atoms with van der Waals surface area (Å²) < 4.78 is 0.979. The first-order valence-corrected chi connectivity index (χ1v) is 10.8. The lowest BCUT2D eigenvalue weighted by Crippen LogP contribution is -2.33. The molecule has 8 nitrogen and oxygen atoms in total. The van der Waals surface area contributed by atoms with Gasteiger partial charge in [-0.2, -0.15) is 0 Å². The molecule has 0 saturated carbocycles. The van der Waals surface area contributed by atoms with Crippen molar-refractivity contribution in [1.82, 2.24) is 9.88 Å². The van der Waals surface area contributed by atoms with Gasteiger partial charge in [-0.05, 0) is 48.9 Å². The minimum absolute atomic E-state index is 0.0311. The highest BCUT2D eigenvalue weighted by Crippen LogP contribution is 2.25. The van der Waals surface area contributed by atoms with Crippen molar-refractivity contribution in [3.63, 3.8) is 0 Å². The summed E-state index contributed by atoms with van der Waals surface area (Å²) >= 11 is 1.55. The van der Waals surface area contributed by atoms with E-state index in [4.69, 9.17) is 16.2 Å². The largest absolute Gasteiger partial charge is 0.481 e. The standard InChI is InChI=1S/C22H25N5O3S/c1-2-10-27(11-9-20(28)29)22(30)15-5-8-18-17(12-15)26-19(31-18)13-25-16-6-3-14(4-7-16)21(23)24/h3-8,12,25H,2,9-11,13H2,1H3,(H3,23,24)(H,28,29). The van der Waals surface area contributed by atoms with Gasteiger partial charge < -0.3 is 21.1 Å². The van der Waals surface area contributed by atoms with Crippen LogP contribution in [0.2, 0.25) is 0 Å². The highest BCUT2D eigenvalue weighted by molar-refractivity contribution is 7.18. The van der Waals surface area contributed by atoms with E-state index in [1.165, 1.54) is 0 Å². The van der Waals surface area contributed by atoms with Gasteiger partial charge >= 0.3 is 5.97 Å². The van der Waals surface area contributed by atoms with Crippen LogP contribution in [0.5, 0.6) is 0 Å². The Labute approximate surface area is 184 Å². The summed E-state index contributed by atoms with van der Waals surface area (Å²) in [7, 11) is 0. The Hall–Kier alpha value is -3.46. The molecule has 0 saturated heterocycles. The number of nitrogen functional groups attached to an aromatic ring is 1. The zero-order valence-electron chi connectivity index (χ0n) is 17.2. The lowest BCUT2D eigenvalue weighted by molar-refractivity contribution is -0.137. The number of nitrogens with one attached hydrogen (secondary N) is 2. The average Bonchev–Trinajstić information content (AvgIpc) is 3.17. The number of fused-ring (bicyclic) bond motifs is 1. The van der Waals surface area contributed by atoms with Gasteiger partial charge in [-0.15, -0.1) is 11.3 Å². The second kappa shape index (κ2) is 10.0. The number of amidine groups is 1. The molecule has 3 rings (SSSR count). The van der Waals surface area contributed by atoms with Crippen molar-refractivity contribution in [2.75, 3.05) is 18.4 Å². The molecule has 0 atom stereocenters. The minimum atomic E-state index is -0.920. The van der Waals surface area contributed by atoms with Gasteiger partial charge in [0, 0.05) is 29.9 Å². The quantitative estimate of drug-likeness (QED) is 0.282. The number of hydrogen-bond donors (Lipinski definition) is 4. The van der Waals surface area contributed by atoms with Gasteiger partial charge in [0.05, 0.1) is 23.2 Å². The highest BCUT2D eigenvalue weighted by atomic mass is 32.1. The molecule has 9 heteroatoms. The van der Waals surface area contributed by atoms with Crippen molar-refractivity contribution >= 4 is 45.0 Å². The maximum Gasteiger partial charge on any atom is 0.305 e. The van der Waals surface area contributed by atoms with Crippen molar-refractivity contribution in [2.45, 2.75) is 26.3 Å². The number of nitrogens with two attached hydrogens (primary N) is 1. The number of carboxylic acids is 1. The Morgan fingerprint density at radius 1 is 1.16 bits per heavy atom. The molecule has 0 unspecified atom stereocenters. The van der Waals surface area contributed by atoms with Crippen LogP contribution >= 0.6 is 11.3 Å². The Kier molecular flexibility index (Phi) is 7.19. The summed E-state index contributed by atoms with van der Waals surface area (Å²) in [5, 5.41) is 20.5. The van der Waals surface area contributed by atoms with Gasteiger partial charge in [0.15, 0.2) is 0 Å². The Morgan fingerprint density at radius 3 is 2.52 bits per heavy atom. The van der Waals surface area contributed by atoms with Gasteiger partial charge in [0.2, 0.25) is 0 Å². The smallest absolute Gasteiger partial charge is 0.305 e. The summed E-state index contributed by atoms with van der Waals surface area (Å²) in [5.41, 5.74) is 8.29. The number of rotatable bonds is 10. The number of carboxylic acid groups (broad SMARTS) is 1. The molecular weight excluding hydrogens is 414 g/mol. The highest BCUT2D eigenvalue weighted by Gasteiger charge is 2.17. The molecule has 5 N–H and O–H groups in total. The lowest BCUT2D eigenvalue weighted by Gasteiger charge is -2.21. The summed E-state index contributed by atoms with van der Waals surface area (Å²) in [5.74, 6) is -1.07. The van der Waals surface area contributed by atoms with E-state index in [1.807, 2.05) is 25.1 Å². The molecule has 0 aliphatic rings. The number of aromatic nitrogens is 1. The van der Waals surface area contributed by atoms with E-state index in [9.17, 15) is 9.59 Å². The number of carbonyl (C=O) groups is 2. The second-order valence-electron chi connectivity index (χ2n) is 7.07. The predicted octanol–water partition coefficient (Wildman–Crippen LogP) is 3.52. The fourth-order valence-electron chi connectivity index (χ4n) is 3.13. The molecule has 1 aromatic heterocycles. The number of hydrogen-bond acceptors (Lipinski definition) is 6. The fourth-order valence-corrected chi connectivity index (χ4v) is 4.01. The molecule has 1 heterocycles. The third kappa shape index (κ3) is 5.79. The SMILES string of the molecule is CCCN(CCC(=O)O)C(=O)c1ccc2sc(CNc3ccc(C(=N)N)cc3)nc2c1. The fraction of sp³-hybridized carbons (Fsp3) is 0.273. The Bertz CT molecular complexity index is 1090. The predicted molar refractivity (Wildman–Crippen MR) is 123 cm³/mol. The molecule has 0 bridgehead atoms.